The van der Waals surface area contributed by atoms with Crippen LogP contribution in [-0.2, 0) is 9.53 Å². The van der Waals surface area contributed by atoms with Gasteiger partial charge in [-0.1, -0.05) is 13.3 Å². The van der Waals surface area contributed by atoms with Gasteiger partial charge in [-0.3, -0.25) is 0 Å². The van der Waals surface area contributed by atoms with Crippen molar-refractivity contribution in [1.29, 1.82) is 0 Å². The molecule has 0 saturated carbocycles. The van der Waals surface area contributed by atoms with Crippen molar-refractivity contribution in [2.75, 3.05) is 13.2 Å². The fourth-order valence-corrected chi connectivity index (χ4v) is 0.480. The summed E-state index contributed by atoms with van der Waals surface area (Å²) in [5.41, 5.74) is 0. The van der Waals surface area contributed by atoms with Crippen molar-refractivity contribution in [2.45, 2.75) is 26.2 Å². The summed E-state index contributed by atoms with van der Waals surface area (Å²) in [6, 6.07) is 0. The summed E-state index contributed by atoms with van der Waals surface area (Å²) in [7, 11) is 0. The van der Waals surface area contributed by atoms with Crippen molar-refractivity contribution >= 4 is 6.29 Å². The van der Waals surface area contributed by atoms with E-state index < -0.39 is 0 Å². The van der Waals surface area contributed by atoms with Gasteiger partial charge in [-0.05, 0) is 6.42 Å². The normalized spacial score (nSPS) is 9.44. The Morgan fingerprint density at radius 3 is 2.78 bits per heavy atom. The first-order valence-electron chi connectivity index (χ1n) is 3.43. The van der Waals surface area contributed by atoms with Gasteiger partial charge in [0.25, 0.3) is 0 Å². The third-order valence-electron chi connectivity index (χ3n) is 1.02. The lowest BCUT2D eigenvalue weighted by atomic mass is 10.4. The summed E-state index contributed by atoms with van der Waals surface area (Å²) in [6.45, 7) is 3.50. The van der Waals surface area contributed by atoms with Gasteiger partial charge in [0.1, 0.15) is 6.29 Å². The number of unbranched alkanes of at least 4 members (excludes halogenated alkanes) is 1. The minimum Gasteiger partial charge on any atom is -0.381 e. The lowest BCUT2D eigenvalue weighted by molar-refractivity contribution is -0.108. The van der Waals surface area contributed by atoms with Gasteiger partial charge in [-0.25, -0.2) is 0 Å². The van der Waals surface area contributed by atoms with E-state index in [1.54, 1.807) is 0 Å². The molecule has 0 aliphatic rings. The average molecular weight is 130 g/mol. The maximum Gasteiger partial charge on any atom is 0.122 e. The number of ether oxygens (including phenoxy) is 1. The molecule has 0 aliphatic heterocycles. The maximum absolute atomic E-state index is 9.76. The van der Waals surface area contributed by atoms with E-state index >= 15 is 0 Å². The summed E-state index contributed by atoms with van der Waals surface area (Å²) < 4.78 is 5.08. The highest BCUT2D eigenvalue weighted by Crippen LogP contribution is 1.87. The fourth-order valence-electron chi connectivity index (χ4n) is 0.480. The van der Waals surface area contributed by atoms with Crippen molar-refractivity contribution in [3.8, 4) is 0 Å². The molecule has 0 N–H and O–H groups in total. The summed E-state index contributed by atoms with van der Waals surface area (Å²) in [5, 5.41) is 0. The van der Waals surface area contributed by atoms with E-state index in [1.807, 2.05) is 0 Å². The quantitative estimate of drug-likeness (QED) is 0.401. The number of aldehydes is 1. The molecule has 0 aromatic carbocycles. The van der Waals surface area contributed by atoms with Crippen molar-refractivity contribution in [3.05, 3.63) is 0 Å². The lowest BCUT2D eigenvalue weighted by Crippen LogP contribution is -1.96. The van der Waals surface area contributed by atoms with Crippen LogP contribution in [-0.4, -0.2) is 19.5 Å². The molecule has 0 heterocycles. The molecule has 0 rings (SSSR count). The summed E-state index contributed by atoms with van der Waals surface area (Å²) >= 11 is 0. The molecule has 0 amide bonds. The molecule has 54 valence electrons. The van der Waals surface area contributed by atoms with E-state index in [-0.39, 0.29) is 0 Å². The van der Waals surface area contributed by atoms with Gasteiger partial charge in [0.15, 0.2) is 0 Å². The first-order chi connectivity index (χ1) is 4.41. The van der Waals surface area contributed by atoms with Crippen LogP contribution in [0.4, 0.5) is 0 Å². The van der Waals surface area contributed by atoms with Crippen LogP contribution in [0.3, 0.4) is 0 Å². The molecule has 0 atom stereocenters. The number of hydrogen-bond donors (Lipinski definition) is 0. The van der Waals surface area contributed by atoms with Crippen molar-refractivity contribution in [2.24, 2.45) is 0 Å². The molecule has 0 unspecified atom stereocenters. The van der Waals surface area contributed by atoms with Crippen molar-refractivity contribution < 1.29 is 9.53 Å². The Morgan fingerprint density at radius 2 is 2.22 bits per heavy atom. The SMILES string of the molecule is CCCCOCCC=O. The van der Waals surface area contributed by atoms with Gasteiger partial charge in [0.05, 0.1) is 6.61 Å². The highest BCUT2D eigenvalue weighted by molar-refractivity contribution is 5.49. The first-order valence-corrected chi connectivity index (χ1v) is 3.43. The van der Waals surface area contributed by atoms with Crippen LogP contribution in [0.25, 0.3) is 0 Å². The molecule has 0 radical (unpaired) electrons. The van der Waals surface area contributed by atoms with Gasteiger partial charge in [-0.15, -0.1) is 0 Å². The Labute approximate surface area is 56.2 Å². The second-order valence-corrected chi connectivity index (χ2v) is 1.92. The Bertz CT molecular complexity index is 61.9. The number of hydrogen-bond acceptors (Lipinski definition) is 2. The maximum atomic E-state index is 9.76. The lowest BCUT2D eigenvalue weighted by Gasteiger charge is -1.97. The zero-order chi connectivity index (χ0) is 6.95. The van der Waals surface area contributed by atoms with Crippen LogP contribution in [0.2, 0.25) is 0 Å². The van der Waals surface area contributed by atoms with Crippen LogP contribution in [0.15, 0.2) is 0 Å². The van der Waals surface area contributed by atoms with E-state index in [0.717, 1.165) is 25.7 Å². The fraction of sp³-hybridized carbons (Fsp3) is 0.857. The molecule has 0 bridgehead atoms. The van der Waals surface area contributed by atoms with E-state index in [2.05, 4.69) is 6.92 Å². The van der Waals surface area contributed by atoms with Gasteiger partial charge in [0.2, 0.25) is 0 Å². The highest BCUT2D eigenvalue weighted by Gasteiger charge is 1.84. The second kappa shape index (κ2) is 7.63. The minimum atomic E-state index is 0.531. The highest BCUT2D eigenvalue weighted by atomic mass is 16.5. The van der Waals surface area contributed by atoms with Crippen LogP contribution in [0.1, 0.15) is 26.2 Å². The molecule has 0 aliphatic carbocycles. The van der Waals surface area contributed by atoms with Gasteiger partial charge < -0.3 is 9.53 Å². The molecule has 0 aromatic heterocycles. The topological polar surface area (TPSA) is 26.3 Å². The molecular weight excluding hydrogens is 116 g/mol. The number of rotatable bonds is 6. The Balaban J connectivity index is 2.66. The number of carbonyl (C=O) groups excluding carboxylic acids is 1. The molecule has 2 nitrogen and oxygen atoms in total. The van der Waals surface area contributed by atoms with Crippen LogP contribution in [0.5, 0.6) is 0 Å². The van der Waals surface area contributed by atoms with Crippen LogP contribution in [0, 0.1) is 0 Å². The molecule has 0 aromatic rings. The van der Waals surface area contributed by atoms with Gasteiger partial charge in [0, 0.05) is 13.0 Å². The molecule has 0 fully saturated rings. The molecular formula is C7H14O2. The molecule has 2 heteroatoms. The van der Waals surface area contributed by atoms with E-state index in [9.17, 15) is 4.79 Å². The largest absolute Gasteiger partial charge is 0.381 e. The Morgan fingerprint density at radius 1 is 1.44 bits per heavy atom. The second-order valence-electron chi connectivity index (χ2n) is 1.92. The average Bonchev–Trinajstić information content (AvgIpc) is 1.89. The van der Waals surface area contributed by atoms with E-state index in [1.165, 1.54) is 0 Å². The van der Waals surface area contributed by atoms with Gasteiger partial charge >= 0.3 is 0 Å². The monoisotopic (exact) mass is 130 g/mol. The minimum absolute atomic E-state index is 0.531. The van der Waals surface area contributed by atoms with E-state index in [0.29, 0.717) is 13.0 Å². The third kappa shape index (κ3) is 7.63. The molecule has 0 spiro atoms. The van der Waals surface area contributed by atoms with Gasteiger partial charge in [-0.2, -0.15) is 0 Å². The smallest absolute Gasteiger partial charge is 0.122 e. The van der Waals surface area contributed by atoms with Crippen molar-refractivity contribution in [3.63, 3.8) is 0 Å². The summed E-state index contributed by atoms with van der Waals surface area (Å²) in [5.74, 6) is 0. The molecule has 9 heavy (non-hydrogen) atoms. The Hall–Kier alpha value is -0.370. The first kappa shape index (κ1) is 8.63. The van der Waals surface area contributed by atoms with Crippen LogP contribution >= 0.6 is 0 Å². The number of carbonyl (C=O) groups is 1. The van der Waals surface area contributed by atoms with Crippen molar-refractivity contribution in [1.82, 2.24) is 0 Å². The van der Waals surface area contributed by atoms with E-state index in [4.69, 9.17) is 4.74 Å². The summed E-state index contributed by atoms with van der Waals surface area (Å²) in [4.78, 5) is 9.76. The predicted octanol–water partition coefficient (Wildman–Crippen LogP) is 1.39. The predicted molar refractivity (Wildman–Crippen MR) is 36.4 cm³/mol. The Kier molecular flexibility index (Phi) is 7.32. The zero-order valence-corrected chi connectivity index (χ0v) is 5.93. The zero-order valence-electron chi connectivity index (χ0n) is 5.93. The third-order valence-corrected chi connectivity index (χ3v) is 1.02. The summed E-state index contributed by atoms with van der Waals surface area (Å²) in [6.07, 6.45) is 3.66. The standard InChI is InChI=1S/C7H14O2/c1-2-3-6-9-7-4-5-8/h5H,2-4,6-7H2,1H3. The molecule has 0 saturated heterocycles. The van der Waals surface area contributed by atoms with Crippen LogP contribution < -0.4 is 0 Å².